The largest absolute Gasteiger partial charge is 0.333 e. The molecule has 0 saturated heterocycles. The molecule has 1 aromatic heterocycles. The van der Waals surface area contributed by atoms with Crippen molar-refractivity contribution in [3.63, 3.8) is 0 Å². The summed E-state index contributed by atoms with van der Waals surface area (Å²) in [7, 11) is 1.85. The van der Waals surface area contributed by atoms with Gasteiger partial charge in [0.05, 0.1) is 16.7 Å². The fourth-order valence-electron chi connectivity index (χ4n) is 6.41. The molecule has 0 atom stereocenters. The maximum Gasteiger partial charge on any atom is 0.333 e. The first-order valence-corrected chi connectivity index (χ1v) is 13.9. The summed E-state index contributed by atoms with van der Waals surface area (Å²) in [5.41, 5.74) is 7.35. The van der Waals surface area contributed by atoms with Crippen LogP contribution in [0, 0.1) is 0 Å². The van der Waals surface area contributed by atoms with Crippen molar-refractivity contribution in [2.75, 3.05) is 0 Å². The molecule has 0 aliphatic carbocycles. The number of nitrogens with zero attached hydrogens (tertiary/aromatic N) is 2. The van der Waals surface area contributed by atoms with Crippen LogP contribution in [0.2, 0.25) is 0 Å². The van der Waals surface area contributed by atoms with E-state index in [4.69, 9.17) is 0 Å². The van der Waals surface area contributed by atoms with Crippen LogP contribution in [0.25, 0.3) is 71.3 Å². The van der Waals surface area contributed by atoms with Gasteiger partial charge in [0.15, 0.2) is 0 Å². The zero-order valence-corrected chi connectivity index (χ0v) is 22.6. The standard InChI is InChI=1S/C38H26N2O/c1-39-35-24-28(21-22-34(35)40(38(39)41)29-13-3-2-4-14-29)37-32-17-9-7-15-30(32)36(31-16-8-10-18-33(31)37)27-20-19-25-11-5-6-12-26(25)23-27/h2-24H,1H3. The van der Waals surface area contributed by atoms with Crippen LogP contribution in [0.5, 0.6) is 0 Å². The zero-order chi connectivity index (χ0) is 27.5. The van der Waals surface area contributed by atoms with E-state index in [0.29, 0.717) is 0 Å². The normalized spacial score (nSPS) is 11.6. The van der Waals surface area contributed by atoms with E-state index in [1.54, 1.807) is 9.13 Å². The van der Waals surface area contributed by atoms with Gasteiger partial charge >= 0.3 is 5.69 Å². The Labute approximate surface area is 237 Å². The smallest absolute Gasteiger partial charge is 0.295 e. The molecule has 41 heavy (non-hydrogen) atoms. The molecule has 1 heterocycles. The zero-order valence-electron chi connectivity index (χ0n) is 22.6. The Morgan fingerprint density at radius 1 is 0.463 bits per heavy atom. The molecular formula is C38H26N2O. The molecule has 0 spiro atoms. The van der Waals surface area contributed by atoms with E-state index >= 15 is 0 Å². The van der Waals surface area contributed by atoms with E-state index < -0.39 is 0 Å². The number of benzene rings is 7. The molecule has 0 unspecified atom stereocenters. The van der Waals surface area contributed by atoms with E-state index in [-0.39, 0.29) is 5.69 Å². The second-order valence-electron chi connectivity index (χ2n) is 10.6. The van der Waals surface area contributed by atoms with Crippen molar-refractivity contribution in [1.82, 2.24) is 9.13 Å². The molecule has 0 aliphatic heterocycles. The van der Waals surface area contributed by atoms with Crippen LogP contribution in [0.15, 0.2) is 144 Å². The van der Waals surface area contributed by atoms with E-state index in [9.17, 15) is 4.79 Å². The van der Waals surface area contributed by atoms with Gasteiger partial charge in [0, 0.05) is 7.05 Å². The molecule has 8 rings (SSSR count). The van der Waals surface area contributed by atoms with E-state index in [1.165, 1.54) is 49.0 Å². The highest BCUT2D eigenvalue weighted by Crippen LogP contribution is 2.44. The number of fused-ring (bicyclic) bond motifs is 4. The van der Waals surface area contributed by atoms with Crippen LogP contribution in [0.4, 0.5) is 0 Å². The minimum absolute atomic E-state index is 0.0512. The second kappa shape index (κ2) is 9.07. The molecule has 194 valence electrons. The van der Waals surface area contributed by atoms with Crippen LogP contribution in [-0.4, -0.2) is 9.13 Å². The quantitative estimate of drug-likeness (QED) is 0.211. The molecule has 0 aliphatic rings. The Kier molecular flexibility index (Phi) is 5.19. The van der Waals surface area contributed by atoms with Crippen molar-refractivity contribution >= 4 is 43.4 Å². The number of hydrogen-bond acceptors (Lipinski definition) is 1. The lowest BCUT2D eigenvalue weighted by molar-refractivity contribution is 0.846. The van der Waals surface area contributed by atoms with E-state index in [0.717, 1.165) is 22.3 Å². The highest BCUT2D eigenvalue weighted by Gasteiger charge is 2.19. The summed E-state index contributed by atoms with van der Waals surface area (Å²) in [5.74, 6) is 0. The molecular weight excluding hydrogens is 500 g/mol. The van der Waals surface area contributed by atoms with Gasteiger partial charge in [0.2, 0.25) is 0 Å². The molecule has 0 N–H and O–H groups in total. The van der Waals surface area contributed by atoms with Crippen molar-refractivity contribution in [3.8, 4) is 27.9 Å². The Bertz CT molecular complexity index is 2280. The third-order valence-corrected chi connectivity index (χ3v) is 8.33. The van der Waals surface area contributed by atoms with Gasteiger partial charge in [-0.2, -0.15) is 0 Å². The Morgan fingerprint density at radius 3 is 1.61 bits per heavy atom. The van der Waals surface area contributed by atoms with Crippen LogP contribution in [-0.2, 0) is 7.05 Å². The van der Waals surface area contributed by atoms with Gasteiger partial charge in [0.25, 0.3) is 0 Å². The molecule has 8 aromatic rings. The van der Waals surface area contributed by atoms with E-state index in [1.807, 2.05) is 37.4 Å². The number of hydrogen-bond donors (Lipinski definition) is 0. The average Bonchev–Trinajstić information content (AvgIpc) is 3.28. The monoisotopic (exact) mass is 526 g/mol. The van der Waals surface area contributed by atoms with Gasteiger partial charge in [-0.25, -0.2) is 4.79 Å². The van der Waals surface area contributed by atoms with Crippen LogP contribution in [0.3, 0.4) is 0 Å². The molecule has 3 heteroatoms. The molecule has 0 bridgehead atoms. The minimum atomic E-state index is -0.0512. The first kappa shape index (κ1) is 23.5. The van der Waals surface area contributed by atoms with Crippen LogP contribution in [0.1, 0.15) is 0 Å². The molecule has 0 saturated carbocycles. The third-order valence-electron chi connectivity index (χ3n) is 8.33. The first-order valence-electron chi connectivity index (χ1n) is 13.9. The fraction of sp³-hybridized carbons (Fsp3) is 0.0263. The second-order valence-corrected chi connectivity index (χ2v) is 10.6. The van der Waals surface area contributed by atoms with Gasteiger partial charge in [-0.05, 0) is 84.9 Å². The van der Waals surface area contributed by atoms with Crippen LogP contribution < -0.4 is 5.69 Å². The lowest BCUT2D eigenvalue weighted by Crippen LogP contribution is -2.20. The maximum absolute atomic E-state index is 13.4. The summed E-state index contributed by atoms with van der Waals surface area (Å²) in [6.07, 6.45) is 0. The predicted molar refractivity (Wildman–Crippen MR) is 172 cm³/mol. The van der Waals surface area contributed by atoms with Gasteiger partial charge in [-0.15, -0.1) is 0 Å². The third kappa shape index (κ3) is 3.56. The van der Waals surface area contributed by atoms with Gasteiger partial charge in [0.1, 0.15) is 0 Å². The Morgan fingerprint density at radius 2 is 0.976 bits per heavy atom. The molecule has 7 aromatic carbocycles. The molecule has 0 radical (unpaired) electrons. The van der Waals surface area contributed by atoms with Crippen molar-refractivity contribution < 1.29 is 0 Å². The lowest BCUT2D eigenvalue weighted by atomic mass is 9.85. The highest BCUT2D eigenvalue weighted by molar-refractivity contribution is 6.22. The topological polar surface area (TPSA) is 26.9 Å². The summed E-state index contributed by atoms with van der Waals surface area (Å²) in [5, 5.41) is 7.29. The van der Waals surface area contributed by atoms with Gasteiger partial charge < -0.3 is 0 Å². The first-order chi connectivity index (χ1) is 20.2. The fourth-order valence-corrected chi connectivity index (χ4v) is 6.41. The van der Waals surface area contributed by atoms with E-state index in [2.05, 4.69) is 109 Å². The molecule has 3 nitrogen and oxygen atoms in total. The van der Waals surface area contributed by atoms with Gasteiger partial charge in [-0.3, -0.25) is 9.13 Å². The number of para-hydroxylation sites is 1. The average molecular weight is 527 g/mol. The summed E-state index contributed by atoms with van der Waals surface area (Å²) in [6, 6.07) is 48.9. The number of imidazole rings is 1. The summed E-state index contributed by atoms with van der Waals surface area (Å²) in [4.78, 5) is 13.4. The molecule has 0 fully saturated rings. The van der Waals surface area contributed by atoms with Crippen molar-refractivity contribution in [1.29, 1.82) is 0 Å². The summed E-state index contributed by atoms with van der Waals surface area (Å²) >= 11 is 0. The van der Waals surface area contributed by atoms with Crippen molar-refractivity contribution in [2.45, 2.75) is 0 Å². The van der Waals surface area contributed by atoms with Crippen molar-refractivity contribution in [3.05, 3.63) is 150 Å². The maximum atomic E-state index is 13.4. The Hall–Kier alpha value is -5.41. The summed E-state index contributed by atoms with van der Waals surface area (Å²) < 4.78 is 3.54. The SMILES string of the molecule is Cn1c(=O)n(-c2ccccc2)c2ccc(-c3c4ccccc4c(-c4ccc5ccccc5c4)c4ccccc34)cc21. The number of rotatable bonds is 3. The van der Waals surface area contributed by atoms with Crippen molar-refractivity contribution in [2.24, 2.45) is 7.05 Å². The minimum Gasteiger partial charge on any atom is -0.295 e. The van der Waals surface area contributed by atoms with Crippen LogP contribution >= 0.6 is 0 Å². The Balaban J connectivity index is 1.43. The predicted octanol–water partition coefficient (Wildman–Crippen LogP) is 9.12. The van der Waals surface area contributed by atoms with Gasteiger partial charge in [-0.1, -0.05) is 109 Å². The lowest BCUT2D eigenvalue weighted by Gasteiger charge is -2.18. The molecule has 0 amide bonds. The highest BCUT2D eigenvalue weighted by atomic mass is 16.1. The number of aromatic nitrogens is 2. The summed E-state index contributed by atoms with van der Waals surface area (Å²) in [6.45, 7) is 0. The number of aryl methyl sites for hydroxylation is 1.